The summed E-state index contributed by atoms with van der Waals surface area (Å²) in [6, 6.07) is 0. The van der Waals surface area contributed by atoms with Gasteiger partial charge < -0.3 is 15.0 Å². The molecular formula is C18H38N2O. The second-order valence-electron chi connectivity index (χ2n) is 8.24. The molecule has 1 aliphatic rings. The normalized spacial score (nSPS) is 27.3. The molecule has 0 amide bonds. The third kappa shape index (κ3) is 7.62. The zero-order valence-electron chi connectivity index (χ0n) is 15.3. The molecule has 0 aromatic rings. The van der Waals surface area contributed by atoms with Gasteiger partial charge >= 0.3 is 0 Å². The van der Waals surface area contributed by atoms with Crippen LogP contribution in [0.1, 0.15) is 60.3 Å². The van der Waals surface area contributed by atoms with Gasteiger partial charge in [0.1, 0.15) is 0 Å². The van der Waals surface area contributed by atoms with Crippen molar-refractivity contribution in [2.75, 3.05) is 39.9 Å². The minimum Gasteiger partial charge on any atom is -0.380 e. The van der Waals surface area contributed by atoms with Crippen LogP contribution in [0.15, 0.2) is 0 Å². The van der Waals surface area contributed by atoms with Gasteiger partial charge in [-0.05, 0) is 58.9 Å². The van der Waals surface area contributed by atoms with Crippen LogP contribution in [0.5, 0.6) is 0 Å². The van der Waals surface area contributed by atoms with E-state index in [4.69, 9.17) is 4.74 Å². The maximum absolute atomic E-state index is 5.50. The van der Waals surface area contributed by atoms with Crippen LogP contribution in [0.2, 0.25) is 0 Å². The second kappa shape index (κ2) is 8.50. The lowest BCUT2D eigenvalue weighted by Gasteiger charge is -2.44. The summed E-state index contributed by atoms with van der Waals surface area (Å²) in [6.07, 6.45) is 5.50. The van der Waals surface area contributed by atoms with Crippen molar-refractivity contribution in [3.8, 4) is 0 Å². The fourth-order valence-electron chi connectivity index (χ4n) is 3.60. The molecule has 126 valence electrons. The molecule has 0 aromatic carbocycles. The summed E-state index contributed by atoms with van der Waals surface area (Å²) in [5.41, 5.74) is 0.642. The van der Waals surface area contributed by atoms with Crippen molar-refractivity contribution in [3.05, 3.63) is 0 Å². The topological polar surface area (TPSA) is 24.5 Å². The molecule has 3 heteroatoms. The number of likely N-dealkylation sites (N-methyl/N-ethyl adjacent to an activating group) is 1. The first-order chi connectivity index (χ1) is 9.76. The Bertz CT molecular complexity index is 287. The molecule has 0 aromatic heterocycles. The first-order valence-electron chi connectivity index (χ1n) is 8.78. The summed E-state index contributed by atoms with van der Waals surface area (Å²) >= 11 is 0. The van der Waals surface area contributed by atoms with Gasteiger partial charge in [0.25, 0.3) is 0 Å². The molecule has 2 atom stereocenters. The van der Waals surface area contributed by atoms with Crippen LogP contribution in [0, 0.1) is 11.3 Å². The van der Waals surface area contributed by atoms with Crippen LogP contribution in [0.3, 0.4) is 0 Å². The molecule has 1 aliphatic carbocycles. The van der Waals surface area contributed by atoms with Gasteiger partial charge in [0.05, 0.1) is 6.61 Å². The Morgan fingerprint density at radius 2 is 2.05 bits per heavy atom. The molecule has 0 saturated heterocycles. The fraction of sp³-hybridized carbons (Fsp3) is 1.00. The number of hydrogen-bond acceptors (Lipinski definition) is 3. The van der Waals surface area contributed by atoms with Crippen LogP contribution < -0.4 is 5.32 Å². The van der Waals surface area contributed by atoms with E-state index < -0.39 is 0 Å². The molecule has 0 spiro atoms. The van der Waals surface area contributed by atoms with Gasteiger partial charge in [-0.25, -0.2) is 0 Å². The third-order valence-electron chi connectivity index (χ3n) is 4.61. The van der Waals surface area contributed by atoms with Gasteiger partial charge in [0.15, 0.2) is 0 Å². The van der Waals surface area contributed by atoms with Crippen molar-refractivity contribution in [3.63, 3.8) is 0 Å². The molecule has 21 heavy (non-hydrogen) atoms. The first kappa shape index (κ1) is 18.9. The standard InChI is InChI=1S/C18H38N2O/c1-7-21-12-11-20(6)15-18(14-19-17(3,4)5)10-8-9-16(2)13-18/h16,19H,7-15H2,1-6H3. The van der Waals surface area contributed by atoms with Gasteiger partial charge in [-0.15, -0.1) is 0 Å². The second-order valence-corrected chi connectivity index (χ2v) is 8.24. The third-order valence-corrected chi connectivity index (χ3v) is 4.61. The predicted molar refractivity (Wildman–Crippen MR) is 91.8 cm³/mol. The molecule has 1 N–H and O–H groups in total. The quantitative estimate of drug-likeness (QED) is 0.694. The molecule has 1 rings (SSSR count). The molecular weight excluding hydrogens is 260 g/mol. The summed E-state index contributed by atoms with van der Waals surface area (Å²) in [4.78, 5) is 2.47. The Morgan fingerprint density at radius 3 is 2.62 bits per heavy atom. The minimum absolute atomic E-state index is 0.206. The van der Waals surface area contributed by atoms with Crippen molar-refractivity contribution >= 4 is 0 Å². The zero-order chi connectivity index (χ0) is 15.9. The van der Waals surface area contributed by atoms with Gasteiger partial charge in [0, 0.05) is 31.8 Å². The van der Waals surface area contributed by atoms with E-state index in [1.165, 1.54) is 32.2 Å². The smallest absolute Gasteiger partial charge is 0.0593 e. The molecule has 0 heterocycles. The Morgan fingerprint density at radius 1 is 1.33 bits per heavy atom. The van der Waals surface area contributed by atoms with Crippen LogP contribution in [0.4, 0.5) is 0 Å². The summed E-state index contributed by atoms with van der Waals surface area (Å²) in [5, 5.41) is 3.77. The van der Waals surface area contributed by atoms with E-state index in [-0.39, 0.29) is 5.54 Å². The van der Waals surface area contributed by atoms with Crippen molar-refractivity contribution in [1.82, 2.24) is 10.2 Å². The van der Waals surface area contributed by atoms with Gasteiger partial charge in [-0.2, -0.15) is 0 Å². The number of nitrogens with zero attached hydrogens (tertiary/aromatic N) is 1. The van der Waals surface area contributed by atoms with Gasteiger partial charge in [-0.3, -0.25) is 0 Å². The largest absolute Gasteiger partial charge is 0.380 e. The Labute approximate surface area is 132 Å². The zero-order valence-corrected chi connectivity index (χ0v) is 15.3. The van der Waals surface area contributed by atoms with Crippen LogP contribution in [-0.2, 0) is 4.74 Å². The maximum Gasteiger partial charge on any atom is 0.0593 e. The highest BCUT2D eigenvalue weighted by molar-refractivity contribution is 4.91. The van der Waals surface area contributed by atoms with E-state index in [9.17, 15) is 0 Å². The molecule has 0 radical (unpaired) electrons. The van der Waals surface area contributed by atoms with E-state index in [1.54, 1.807) is 0 Å². The maximum atomic E-state index is 5.50. The van der Waals surface area contributed by atoms with E-state index in [0.29, 0.717) is 5.41 Å². The Hall–Kier alpha value is -0.120. The van der Waals surface area contributed by atoms with E-state index in [0.717, 1.165) is 32.2 Å². The number of hydrogen-bond donors (Lipinski definition) is 1. The Kier molecular flexibility index (Phi) is 7.66. The van der Waals surface area contributed by atoms with Crippen LogP contribution in [-0.4, -0.2) is 50.3 Å². The number of ether oxygens (including phenoxy) is 1. The lowest BCUT2D eigenvalue weighted by molar-refractivity contribution is 0.0637. The lowest BCUT2D eigenvalue weighted by Crippen LogP contribution is -2.50. The van der Waals surface area contributed by atoms with Crippen molar-refractivity contribution < 1.29 is 4.74 Å². The van der Waals surface area contributed by atoms with Crippen molar-refractivity contribution in [1.29, 1.82) is 0 Å². The molecule has 3 nitrogen and oxygen atoms in total. The van der Waals surface area contributed by atoms with E-state index >= 15 is 0 Å². The molecule has 2 unspecified atom stereocenters. The average Bonchev–Trinajstić information content (AvgIpc) is 2.36. The van der Waals surface area contributed by atoms with Crippen LogP contribution >= 0.6 is 0 Å². The molecule has 0 aliphatic heterocycles. The van der Waals surface area contributed by atoms with E-state index in [1.807, 2.05) is 0 Å². The van der Waals surface area contributed by atoms with E-state index in [2.05, 4.69) is 51.9 Å². The number of nitrogens with one attached hydrogen (secondary N) is 1. The van der Waals surface area contributed by atoms with Gasteiger partial charge in [0.2, 0.25) is 0 Å². The highest BCUT2D eigenvalue weighted by Gasteiger charge is 2.36. The van der Waals surface area contributed by atoms with Crippen LogP contribution in [0.25, 0.3) is 0 Å². The lowest BCUT2D eigenvalue weighted by atomic mass is 9.69. The first-order valence-corrected chi connectivity index (χ1v) is 8.78. The molecule has 0 bridgehead atoms. The summed E-state index contributed by atoms with van der Waals surface area (Å²) in [7, 11) is 2.25. The summed E-state index contributed by atoms with van der Waals surface area (Å²) in [6.45, 7) is 16.3. The Balaban J connectivity index is 2.59. The van der Waals surface area contributed by atoms with Crippen molar-refractivity contribution in [2.24, 2.45) is 11.3 Å². The van der Waals surface area contributed by atoms with Gasteiger partial charge in [-0.1, -0.05) is 19.8 Å². The molecule has 1 fully saturated rings. The minimum atomic E-state index is 0.206. The highest BCUT2D eigenvalue weighted by atomic mass is 16.5. The average molecular weight is 299 g/mol. The fourth-order valence-corrected chi connectivity index (χ4v) is 3.60. The predicted octanol–water partition coefficient (Wildman–Crippen LogP) is 3.54. The molecule has 1 saturated carbocycles. The van der Waals surface area contributed by atoms with Crippen molar-refractivity contribution in [2.45, 2.75) is 65.8 Å². The number of rotatable bonds is 8. The highest BCUT2D eigenvalue weighted by Crippen LogP contribution is 2.39. The monoisotopic (exact) mass is 298 g/mol. The summed E-state index contributed by atoms with van der Waals surface area (Å²) in [5.74, 6) is 0.862. The summed E-state index contributed by atoms with van der Waals surface area (Å²) < 4.78 is 5.50. The SMILES string of the molecule is CCOCCN(C)CC1(CNC(C)(C)C)CCCC(C)C1.